The van der Waals surface area contributed by atoms with Gasteiger partial charge in [-0.1, -0.05) is 6.92 Å². The molecule has 0 saturated carbocycles. The van der Waals surface area contributed by atoms with E-state index in [1.54, 1.807) is 24.3 Å². The number of carbonyl (C=O) groups is 2. The molecule has 0 heterocycles. The van der Waals surface area contributed by atoms with E-state index in [1.165, 1.54) is 7.11 Å². The Bertz CT molecular complexity index is 456. The van der Waals surface area contributed by atoms with Crippen LogP contribution < -0.4 is 10.1 Å². The molecule has 1 aromatic carbocycles. The molecule has 1 unspecified atom stereocenters. The van der Waals surface area contributed by atoms with Crippen molar-refractivity contribution in [3.8, 4) is 5.75 Å². The van der Waals surface area contributed by atoms with E-state index in [-0.39, 0.29) is 12.2 Å². The number of nitrogens with one attached hydrogen (secondary N) is 1. The SMILES string of the molecule is CCCNC(CC(=O)OC)C(=O)c1ccc(OCC)cc1. The van der Waals surface area contributed by atoms with Crippen LogP contribution in [0.1, 0.15) is 37.0 Å². The normalized spacial score (nSPS) is 11.8. The first-order valence-electron chi connectivity index (χ1n) is 7.19. The fourth-order valence-electron chi connectivity index (χ4n) is 1.91. The Morgan fingerprint density at radius 2 is 1.86 bits per heavy atom. The first-order valence-corrected chi connectivity index (χ1v) is 7.19. The number of Topliss-reactive ketones (excluding diaryl/α,β-unsaturated/α-hetero) is 1. The van der Waals surface area contributed by atoms with Gasteiger partial charge in [-0.15, -0.1) is 0 Å². The van der Waals surface area contributed by atoms with Gasteiger partial charge in [0, 0.05) is 5.56 Å². The molecule has 1 N–H and O–H groups in total. The van der Waals surface area contributed by atoms with E-state index in [9.17, 15) is 9.59 Å². The fourth-order valence-corrected chi connectivity index (χ4v) is 1.91. The fraction of sp³-hybridized carbons (Fsp3) is 0.500. The average molecular weight is 293 g/mol. The molecule has 0 saturated heterocycles. The molecule has 1 aromatic rings. The molecule has 0 aliphatic heterocycles. The van der Waals surface area contributed by atoms with Crippen LogP contribution in [-0.2, 0) is 9.53 Å². The summed E-state index contributed by atoms with van der Waals surface area (Å²) in [5.41, 5.74) is 0.552. The van der Waals surface area contributed by atoms with Crippen LogP contribution in [0.5, 0.6) is 5.75 Å². The first kappa shape index (κ1) is 17.2. The zero-order chi connectivity index (χ0) is 15.7. The second-order valence-corrected chi connectivity index (χ2v) is 4.61. The van der Waals surface area contributed by atoms with Gasteiger partial charge in [0.25, 0.3) is 0 Å². The lowest BCUT2D eigenvalue weighted by Gasteiger charge is -2.16. The summed E-state index contributed by atoms with van der Waals surface area (Å²) in [4.78, 5) is 23.9. The highest BCUT2D eigenvalue weighted by molar-refractivity contribution is 6.01. The molecule has 0 bridgehead atoms. The molecular weight excluding hydrogens is 270 g/mol. The lowest BCUT2D eigenvalue weighted by atomic mass is 10.0. The van der Waals surface area contributed by atoms with Crippen LogP contribution in [0.25, 0.3) is 0 Å². The molecule has 0 amide bonds. The topological polar surface area (TPSA) is 64.6 Å². The molecular formula is C16H23NO4. The van der Waals surface area contributed by atoms with Crippen molar-refractivity contribution in [1.82, 2.24) is 5.32 Å². The Morgan fingerprint density at radius 1 is 1.19 bits per heavy atom. The summed E-state index contributed by atoms with van der Waals surface area (Å²) in [6.45, 7) is 5.16. The number of ether oxygens (including phenoxy) is 2. The van der Waals surface area contributed by atoms with Crippen molar-refractivity contribution >= 4 is 11.8 Å². The summed E-state index contributed by atoms with van der Waals surface area (Å²) >= 11 is 0. The lowest BCUT2D eigenvalue weighted by Crippen LogP contribution is -2.39. The third kappa shape index (κ3) is 5.55. The van der Waals surface area contributed by atoms with Crippen LogP contribution in [0.15, 0.2) is 24.3 Å². The predicted molar refractivity (Wildman–Crippen MR) is 80.7 cm³/mol. The average Bonchev–Trinajstić information content (AvgIpc) is 2.51. The molecule has 0 aliphatic rings. The van der Waals surface area contributed by atoms with Gasteiger partial charge in [-0.05, 0) is 44.2 Å². The molecule has 116 valence electrons. The number of rotatable bonds is 9. The van der Waals surface area contributed by atoms with Gasteiger partial charge in [0.15, 0.2) is 5.78 Å². The summed E-state index contributed by atoms with van der Waals surface area (Å²) in [6, 6.07) is 6.38. The molecule has 0 fully saturated rings. The largest absolute Gasteiger partial charge is 0.494 e. The second kappa shape index (κ2) is 9.13. The van der Waals surface area contributed by atoms with Crippen molar-refractivity contribution in [1.29, 1.82) is 0 Å². The van der Waals surface area contributed by atoms with Gasteiger partial charge >= 0.3 is 5.97 Å². The molecule has 5 heteroatoms. The lowest BCUT2D eigenvalue weighted by molar-refractivity contribution is -0.140. The maximum atomic E-state index is 12.5. The minimum absolute atomic E-state index is 0.0303. The number of carbonyl (C=O) groups excluding carboxylic acids is 2. The number of benzene rings is 1. The van der Waals surface area contributed by atoms with E-state index in [1.807, 2.05) is 13.8 Å². The maximum absolute atomic E-state index is 12.5. The second-order valence-electron chi connectivity index (χ2n) is 4.61. The van der Waals surface area contributed by atoms with Crippen LogP contribution >= 0.6 is 0 Å². The molecule has 5 nitrogen and oxygen atoms in total. The molecule has 1 atom stereocenters. The molecule has 0 aromatic heterocycles. The third-order valence-corrected chi connectivity index (χ3v) is 3.01. The van der Waals surface area contributed by atoms with E-state index < -0.39 is 12.0 Å². The van der Waals surface area contributed by atoms with E-state index in [0.29, 0.717) is 18.7 Å². The van der Waals surface area contributed by atoms with Crippen LogP contribution in [0.4, 0.5) is 0 Å². The number of methoxy groups -OCH3 is 1. The number of hydrogen-bond acceptors (Lipinski definition) is 5. The minimum atomic E-state index is -0.560. The van der Waals surface area contributed by atoms with Crippen molar-refractivity contribution in [3.05, 3.63) is 29.8 Å². The quantitative estimate of drug-likeness (QED) is 0.558. The minimum Gasteiger partial charge on any atom is -0.494 e. The molecule has 0 radical (unpaired) electrons. The number of esters is 1. The van der Waals surface area contributed by atoms with Crippen LogP contribution in [-0.4, -0.2) is 38.1 Å². The van der Waals surface area contributed by atoms with E-state index in [2.05, 4.69) is 10.1 Å². The van der Waals surface area contributed by atoms with Gasteiger partial charge in [-0.25, -0.2) is 0 Å². The third-order valence-electron chi connectivity index (χ3n) is 3.01. The van der Waals surface area contributed by atoms with Gasteiger partial charge in [-0.3, -0.25) is 9.59 Å². The van der Waals surface area contributed by atoms with E-state index in [0.717, 1.165) is 12.2 Å². The highest BCUT2D eigenvalue weighted by atomic mass is 16.5. The predicted octanol–water partition coefficient (Wildman–Crippen LogP) is 2.20. The molecule has 1 rings (SSSR count). The van der Waals surface area contributed by atoms with Gasteiger partial charge in [0.05, 0.1) is 26.2 Å². The van der Waals surface area contributed by atoms with Gasteiger partial charge in [-0.2, -0.15) is 0 Å². The molecule has 21 heavy (non-hydrogen) atoms. The molecule has 0 spiro atoms. The number of ketones is 1. The summed E-state index contributed by atoms with van der Waals surface area (Å²) in [6.07, 6.45) is 0.913. The smallest absolute Gasteiger partial charge is 0.307 e. The number of hydrogen-bond donors (Lipinski definition) is 1. The van der Waals surface area contributed by atoms with Gasteiger partial charge < -0.3 is 14.8 Å². The van der Waals surface area contributed by atoms with Crippen molar-refractivity contribution in [2.24, 2.45) is 0 Å². The monoisotopic (exact) mass is 293 g/mol. The highest BCUT2D eigenvalue weighted by Gasteiger charge is 2.22. The first-order chi connectivity index (χ1) is 10.1. The van der Waals surface area contributed by atoms with Crippen LogP contribution in [0, 0.1) is 0 Å². The molecule has 0 aliphatic carbocycles. The summed E-state index contributed by atoms with van der Waals surface area (Å²) in [5.74, 6) is 0.208. The summed E-state index contributed by atoms with van der Waals surface area (Å²) in [7, 11) is 1.32. The maximum Gasteiger partial charge on any atom is 0.307 e. The zero-order valence-corrected chi connectivity index (χ0v) is 12.8. The van der Waals surface area contributed by atoms with Crippen molar-refractivity contribution in [2.75, 3.05) is 20.3 Å². The Hall–Kier alpha value is -1.88. The zero-order valence-electron chi connectivity index (χ0n) is 12.8. The van der Waals surface area contributed by atoms with Crippen LogP contribution in [0.3, 0.4) is 0 Å². The Labute approximate surface area is 125 Å². The van der Waals surface area contributed by atoms with Crippen molar-refractivity contribution in [2.45, 2.75) is 32.7 Å². The summed E-state index contributed by atoms with van der Waals surface area (Å²) in [5, 5.41) is 3.09. The van der Waals surface area contributed by atoms with Gasteiger partial charge in [0.1, 0.15) is 5.75 Å². The van der Waals surface area contributed by atoms with Crippen molar-refractivity contribution in [3.63, 3.8) is 0 Å². The Morgan fingerprint density at radius 3 is 2.38 bits per heavy atom. The summed E-state index contributed by atoms with van der Waals surface area (Å²) < 4.78 is 9.99. The standard InChI is InChI=1S/C16H23NO4/c1-4-10-17-14(11-15(18)20-3)16(19)12-6-8-13(9-7-12)21-5-2/h6-9,14,17H,4-5,10-11H2,1-3H3. The van der Waals surface area contributed by atoms with E-state index >= 15 is 0 Å². The Kier molecular flexibility index (Phi) is 7.46. The van der Waals surface area contributed by atoms with Crippen LogP contribution in [0.2, 0.25) is 0 Å². The highest BCUT2D eigenvalue weighted by Crippen LogP contribution is 2.14. The van der Waals surface area contributed by atoms with Crippen molar-refractivity contribution < 1.29 is 19.1 Å². The van der Waals surface area contributed by atoms with E-state index in [4.69, 9.17) is 4.74 Å². The van der Waals surface area contributed by atoms with Gasteiger partial charge in [0.2, 0.25) is 0 Å². The Balaban J connectivity index is 2.79.